The maximum Gasteiger partial charge on any atom is 0.307 e. The lowest BCUT2D eigenvalue weighted by Gasteiger charge is -2.36. The summed E-state index contributed by atoms with van der Waals surface area (Å²) in [4.78, 5) is 31.5. The largest absolute Gasteiger partial charge is 0.494 e. The van der Waals surface area contributed by atoms with Crippen LogP contribution in [0.25, 0.3) is 0 Å². The smallest absolute Gasteiger partial charge is 0.307 e. The van der Waals surface area contributed by atoms with Crippen LogP contribution >= 0.6 is 23.2 Å². The highest BCUT2D eigenvalue weighted by Gasteiger charge is 2.26. The molecule has 44 heavy (non-hydrogen) atoms. The number of rotatable bonds is 18. The molecule has 0 spiro atoms. The number of nitrogens with zero attached hydrogens (tertiary/aromatic N) is 3. The van der Waals surface area contributed by atoms with E-state index in [0.29, 0.717) is 35.9 Å². The molecule has 1 saturated heterocycles. The third kappa shape index (κ3) is 10.6. The van der Waals surface area contributed by atoms with Crippen molar-refractivity contribution in [3.8, 4) is 5.75 Å². The molecule has 242 valence electrons. The summed E-state index contributed by atoms with van der Waals surface area (Å²) in [6.45, 7) is 7.65. The molecule has 2 heterocycles. The Hall–Kier alpha value is -2.48. The van der Waals surface area contributed by atoms with E-state index >= 15 is 0 Å². The Morgan fingerprint density at radius 3 is 2.36 bits per heavy atom. The highest BCUT2D eigenvalue weighted by Crippen LogP contribution is 2.33. The van der Waals surface area contributed by atoms with Crippen LogP contribution < -0.4 is 14.5 Å². The lowest BCUT2D eigenvalue weighted by Crippen LogP contribution is -2.46. The van der Waals surface area contributed by atoms with E-state index in [9.17, 15) is 9.59 Å². The zero-order valence-corrected chi connectivity index (χ0v) is 27.8. The number of amides is 1. The highest BCUT2D eigenvalue weighted by molar-refractivity contribution is 6.43. The Morgan fingerprint density at radius 2 is 1.59 bits per heavy atom. The van der Waals surface area contributed by atoms with Gasteiger partial charge in [-0.25, -0.2) is 0 Å². The molecular weight excluding hydrogens is 597 g/mol. The average Bonchev–Trinajstić information content (AvgIpc) is 3.03. The molecule has 2 aliphatic rings. The predicted octanol–water partition coefficient (Wildman–Crippen LogP) is 8.29. The summed E-state index contributed by atoms with van der Waals surface area (Å²) in [5, 5.41) is 1.22. The first-order valence-corrected chi connectivity index (χ1v) is 17.3. The molecule has 0 N–H and O–H groups in total. The van der Waals surface area contributed by atoms with Crippen LogP contribution in [0.2, 0.25) is 10.0 Å². The quantitative estimate of drug-likeness (QED) is 0.120. The maximum atomic E-state index is 12.7. The molecule has 9 heteroatoms. The summed E-state index contributed by atoms with van der Waals surface area (Å²) in [6.07, 6.45) is 12.9. The molecule has 2 aliphatic heterocycles. The van der Waals surface area contributed by atoms with Crippen LogP contribution in [0.5, 0.6) is 5.75 Å². The van der Waals surface area contributed by atoms with Crippen molar-refractivity contribution in [2.45, 2.75) is 90.4 Å². The molecule has 0 bridgehead atoms. The number of carbonyl (C=O) groups excluding carboxylic acids is 2. The minimum absolute atomic E-state index is 0.0211. The number of carbonyl (C=O) groups is 2. The number of anilines is 2. The summed E-state index contributed by atoms with van der Waals surface area (Å²) in [5.41, 5.74) is 2.88. The number of benzene rings is 2. The normalized spacial score (nSPS) is 15.4. The molecule has 0 atom stereocenters. The first-order valence-electron chi connectivity index (χ1n) is 16.6. The van der Waals surface area contributed by atoms with E-state index in [4.69, 9.17) is 32.7 Å². The molecular formula is C35H49Cl2N3O4. The Labute approximate surface area is 273 Å². The first kappa shape index (κ1) is 34.4. The number of piperazine rings is 1. The molecule has 0 unspecified atom stereocenters. The van der Waals surface area contributed by atoms with Crippen LogP contribution in [0.4, 0.5) is 11.4 Å². The van der Waals surface area contributed by atoms with E-state index in [-0.39, 0.29) is 18.6 Å². The molecule has 0 radical (unpaired) electrons. The van der Waals surface area contributed by atoms with Gasteiger partial charge in [-0.05, 0) is 56.0 Å². The van der Waals surface area contributed by atoms with Crippen molar-refractivity contribution < 1.29 is 19.1 Å². The van der Waals surface area contributed by atoms with Crippen molar-refractivity contribution in [2.24, 2.45) is 0 Å². The van der Waals surface area contributed by atoms with E-state index < -0.39 is 0 Å². The molecule has 1 fully saturated rings. The van der Waals surface area contributed by atoms with Gasteiger partial charge in [-0.2, -0.15) is 0 Å². The van der Waals surface area contributed by atoms with Gasteiger partial charge < -0.3 is 14.4 Å². The molecule has 0 saturated carbocycles. The molecule has 0 aliphatic carbocycles. The molecule has 2 aromatic carbocycles. The fourth-order valence-corrected chi connectivity index (χ4v) is 6.35. The van der Waals surface area contributed by atoms with Gasteiger partial charge in [0, 0.05) is 45.1 Å². The van der Waals surface area contributed by atoms with Crippen molar-refractivity contribution in [2.75, 3.05) is 55.9 Å². The molecule has 1 amide bonds. The van der Waals surface area contributed by atoms with Gasteiger partial charge >= 0.3 is 5.97 Å². The predicted molar refractivity (Wildman–Crippen MR) is 180 cm³/mol. The summed E-state index contributed by atoms with van der Waals surface area (Å²) in [7, 11) is 0. The van der Waals surface area contributed by atoms with Gasteiger partial charge in [-0.15, -0.1) is 0 Å². The minimum atomic E-state index is -0.238. The SMILES string of the molecule is CCCCCCCCCCC(=O)OCN1C(=O)CCc2ccc(OCCCCN3CCN(c4cccc(Cl)c4Cl)CC3)cc21. The van der Waals surface area contributed by atoms with Crippen molar-refractivity contribution in [3.63, 3.8) is 0 Å². The maximum absolute atomic E-state index is 12.7. The van der Waals surface area contributed by atoms with Crippen molar-refractivity contribution >= 4 is 46.5 Å². The Morgan fingerprint density at radius 1 is 0.841 bits per heavy atom. The fourth-order valence-electron chi connectivity index (χ4n) is 5.94. The van der Waals surface area contributed by atoms with Crippen molar-refractivity contribution in [3.05, 3.63) is 52.0 Å². The van der Waals surface area contributed by atoms with E-state index in [1.165, 1.54) is 32.1 Å². The number of ether oxygens (including phenoxy) is 2. The molecule has 4 rings (SSSR count). The second-order valence-electron chi connectivity index (χ2n) is 11.9. The van der Waals surface area contributed by atoms with Gasteiger partial charge in [-0.3, -0.25) is 19.4 Å². The van der Waals surface area contributed by atoms with Gasteiger partial charge in [-0.1, -0.05) is 87.2 Å². The standard InChI is InChI=1S/C35H49Cl2N3O4/c1-2-3-4-5-6-7-8-9-15-34(42)44-27-40-32-26-29(18-16-28(32)17-19-33(40)41)43-25-11-10-20-38-21-23-39(24-22-38)31-14-12-13-30(36)35(31)37/h12-14,16,18,26H,2-11,15,17,19-25,27H2,1H3. The second kappa shape index (κ2) is 18.5. The van der Waals surface area contributed by atoms with Crippen molar-refractivity contribution in [1.29, 1.82) is 0 Å². The average molecular weight is 647 g/mol. The Balaban J connectivity index is 1.13. The summed E-state index contributed by atoms with van der Waals surface area (Å²) >= 11 is 12.6. The zero-order chi connectivity index (χ0) is 31.1. The van der Waals surface area contributed by atoms with Crippen LogP contribution in [0.3, 0.4) is 0 Å². The number of hydrogen-bond donors (Lipinski definition) is 0. The van der Waals surface area contributed by atoms with Crippen LogP contribution in [-0.2, 0) is 20.7 Å². The number of aryl methyl sites for hydroxylation is 1. The van der Waals surface area contributed by atoms with Crippen LogP contribution in [-0.4, -0.2) is 62.8 Å². The monoisotopic (exact) mass is 645 g/mol. The minimum Gasteiger partial charge on any atom is -0.494 e. The zero-order valence-electron chi connectivity index (χ0n) is 26.3. The number of esters is 1. The first-order chi connectivity index (χ1) is 21.5. The number of hydrogen-bond acceptors (Lipinski definition) is 6. The van der Waals surface area contributed by atoms with Crippen molar-refractivity contribution in [1.82, 2.24) is 4.90 Å². The summed E-state index contributed by atoms with van der Waals surface area (Å²) in [6, 6.07) is 11.7. The molecule has 7 nitrogen and oxygen atoms in total. The summed E-state index contributed by atoms with van der Waals surface area (Å²) in [5.74, 6) is 0.478. The van der Waals surface area contributed by atoms with E-state index in [2.05, 4.69) is 16.7 Å². The highest BCUT2D eigenvalue weighted by atomic mass is 35.5. The van der Waals surface area contributed by atoms with Gasteiger partial charge in [0.05, 0.1) is 28.0 Å². The Kier molecular flexibility index (Phi) is 14.4. The van der Waals surface area contributed by atoms with E-state index in [1.807, 2.05) is 36.4 Å². The number of halogens is 2. The van der Waals surface area contributed by atoms with E-state index in [1.54, 1.807) is 4.90 Å². The summed E-state index contributed by atoms with van der Waals surface area (Å²) < 4.78 is 11.6. The number of unbranched alkanes of at least 4 members (excludes halogenated alkanes) is 8. The second-order valence-corrected chi connectivity index (χ2v) is 12.7. The third-order valence-electron chi connectivity index (χ3n) is 8.63. The van der Waals surface area contributed by atoms with Crippen LogP contribution in [0.1, 0.15) is 89.5 Å². The molecule has 2 aromatic rings. The van der Waals surface area contributed by atoms with E-state index in [0.717, 1.165) is 87.5 Å². The topological polar surface area (TPSA) is 62.3 Å². The van der Waals surface area contributed by atoms with Gasteiger partial charge in [0.2, 0.25) is 5.91 Å². The molecule has 0 aromatic heterocycles. The lowest BCUT2D eigenvalue weighted by atomic mass is 10.0. The third-order valence-corrected chi connectivity index (χ3v) is 9.44. The Bertz CT molecular complexity index is 1200. The van der Waals surface area contributed by atoms with Crippen LogP contribution in [0, 0.1) is 0 Å². The number of fused-ring (bicyclic) bond motifs is 1. The fraction of sp³-hybridized carbons (Fsp3) is 0.600. The van der Waals surface area contributed by atoms with Gasteiger partial charge in [0.1, 0.15) is 5.75 Å². The van der Waals surface area contributed by atoms with Gasteiger partial charge in [0.15, 0.2) is 6.73 Å². The lowest BCUT2D eigenvalue weighted by molar-refractivity contribution is -0.144. The van der Waals surface area contributed by atoms with Gasteiger partial charge in [0.25, 0.3) is 0 Å². The van der Waals surface area contributed by atoms with Crippen LogP contribution in [0.15, 0.2) is 36.4 Å².